The third-order valence-electron chi connectivity index (χ3n) is 2.80. The molecule has 0 radical (unpaired) electrons. The van der Waals surface area contributed by atoms with Gasteiger partial charge in [-0.05, 0) is 37.2 Å². The third kappa shape index (κ3) is 3.58. The molecule has 2 nitrogen and oxygen atoms in total. The number of hydrogen-bond donors (Lipinski definition) is 2. The van der Waals surface area contributed by atoms with E-state index in [1.54, 1.807) is 0 Å². The Kier molecular flexibility index (Phi) is 4.96. The SMILES string of the molecule is CNCNCC(C)(C)c1cc(Br)ccc1C. The summed E-state index contributed by atoms with van der Waals surface area (Å²) in [4.78, 5) is 0. The Bertz CT molecular complexity index is 348. The number of hydrogen-bond acceptors (Lipinski definition) is 2. The molecule has 0 spiro atoms. The maximum atomic E-state index is 3.54. The molecule has 0 unspecified atom stereocenters. The van der Waals surface area contributed by atoms with Gasteiger partial charge in [0.2, 0.25) is 0 Å². The molecule has 0 saturated carbocycles. The van der Waals surface area contributed by atoms with E-state index in [4.69, 9.17) is 0 Å². The zero-order chi connectivity index (χ0) is 12.2. The molecule has 0 fully saturated rings. The van der Waals surface area contributed by atoms with E-state index in [9.17, 15) is 0 Å². The van der Waals surface area contributed by atoms with Gasteiger partial charge in [0.05, 0.1) is 0 Å². The summed E-state index contributed by atoms with van der Waals surface area (Å²) in [5, 5.41) is 6.49. The maximum absolute atomic E-state index is 3.54. The van der Waals surface area contributed by atoms with E-state index in [0.29, 0.717) is 0 Å². The first-order chi connectivity index (χ1) is 7.47. The molecule has 0 atom stereocenters. The lowest BCUT2D eigenvalue weighted by Crippen LogP contribution is -2.37. The minimum Gasteiger partial charge on any atom is -0.308 e. The zero-order valence-electron chi connectivity index (χ0n) is 10.5. The fourth-order valence-electron chi connectivity index (χ4n) is 1.92. The third-order valence-corrected chi connectivity index (χ3v) is 3.29. The topological polar surface area (TPSA) is 24.1 Å². The van der Waals surface area contributed by atoms with Crippen molar-refractivity contribution in [3.8, 4) is 0 Å². The molecule has 0 aliphatic carbocycles. The highest BCUT2D eigenvalue weighted by Crippen LogP contribution is 2.28. The van der Waals surface area contributed by atoms with E-state index in [1.807, 2.05) is 7.05 Å². The van der Waals surface area contributed by atoms with Gasteiger partial charge < -0.3 is 10.6 Å². The molecule has 16 heavy (non-hydrogen) atoms. The second-order valence-corrected chi connectivity index (χ2v) is 5.72. The molecular weight excluding hydrogens is 264 g/mol. The minimum atomic E-state index is 0.144. The molecule has 0 bridgehead atoms. The summed E-state index contributed by atoms with van der Waals surface area (Å²) in [7, 11) is 1.95. The van der Waals surface area contributed by atoms with Crippen LogP contribution in [0.5, 0.6) is 0 Å². The van der Waals surface area contributed by atoms with Crippen LogP contribution in [0.3, 0.4) is 0 Å². The minimum absolute atomic E-state index is 0.144. The Balaban J connectivity index is 2.83. The molecule has 1 aromatic carbocycles. The first kappa shape index (κ1) is 13.7. The Hall–Kier alpha value is -0.380. The van der Waals surface area contributed by atoms with E-state index in [1.165, 1.54) is 11.1 Å². The van der Waals surface area contributed by atoms with Gasteiger partial charge in [-0.1, -0.05) is 35.8 Å². The zero-order valence-corrected chi connectivity index (χ0v) is 12.1. The molecule has 0 aliphatic heterocycles. The van der Waals surface area contributed by atoms with Crippen LogP contribution < -0.4 is 10.6 Å². The molecule has 90 valence electrons. The van der Waals surface area contributed by atoms with Crippen molar-refractivity contribution in [1.82, 2.24) is 10.6 Å². The average Bonchev–Trinajstić information content (AvgIpc) is 2.22. The van der Waals surface area contributed by atoms with Gasteiger partial charge in [0, 0.05) is 23.1 Å². The van der Waals surface area contributed by atoms with Crippen LogP contribution in [0.25, 0.3) is 0 Å². The lowest BCUT2D eigenvalue weighted by atomic mass is 9.82. The Morgan fingerprint density at radius 2 is 2.00 bits per heavy atom. The standard InChI is InChI=1S/C13H21BrN2/c1-10-5-6-11(14)7-12(10)13(2,3)8-16-9-15-4/h5-7,15-16H,8-9H2,1-4H3. The Morgan fingerprint density at radius 1 is 1.31 bits per heavy atom. The highest BCUT2D eigenvalue weighted by molar-refractivity contribution is 9.10. The number of halogens is 1. The first-order valence-electron chi connectivity index (χ1n) is 5.59. The fourth-order valence-corrected chi connectivity index (χ4v) is 2.28. The molecule has 0 heterocycles. The fraction of sp³-hybridized carbons (Fsp3) is 0.538. The number of aryl methyl sites for hydroxylation is 1. The Morgan fingerprint density at radius 3 is 2.62 bits per heavy atom. The van der Waals surface area contributed by atoms with Crippen LogP contribution in [-0.2, 0) is 5.41 Å². The largest absolute Gasteiger partial charge is 0.308 e. The van der Waals surface area contributed by atoms with Gasteiger partial charge in [0.25, 0.3) is 0 Å². The molecule has 0 saturated heterocycles. The molecule has 1 rings (SSSR count). The maximum Gasteiger partial charge on any atom is 0.0452 e. The van der Waals surface area contributed by atoms with E-state index in [2.05, 4.69) is 65.5 Å². The summed E-state index contributed by atoms with van der Waals surface area (Å²) in [6.45, 7) is 8.51. The van der Waals surface area contributed by atoms with E-state index < -0.39 is 0 Å². The summed E-state index contributed by atoms with van der Waals surface area (Å²) in [5.41, 5.74) is 2.88. The molecule has 2 N–H and O–H groups in total. The van der Waals surface area contributed by atoms with Gasteiger partial charge in [0.15, 0.2) is 0 Å². The highest BCUT2D eigenvalue weighted by Gasteiger charge is 2.22. The van der Waals surface area contributed by atoms with Crippen LogP contribution in [-0.4, -0.2) is 20.3 Å². The van der Waals surface area contributed by atoms with E-state index in [0.717, 1.165) is 17.7 Å². The average molecular weight is 285 g/mol. The number of benzene rings is 1. The number of nitrogens with one attached hydrogen (secondary N) is 2. The highest BCUT2D eigenvalue weighted by atomic mass is 79.9. The summed E-state index contributed by atoms with van der Waals surface area (Å²) < 4.78 is 1.15. The van der Waals surface area contributed by atoms with Crippen molar-refractivity contribution < 1.29 is 0 Å². The summed E-state index contributed by atoms with van der Waals surface area (Å²) in [6.07, 6.45) is 0. The van der Waals surface area contributed by atoms with Gasteiger partial charge >= 0.3 is 0 Å². The summed E-state index contributed by atoms with van der Waals surface area (Å²) >= 11 is 3.54. The second-order valence-electron chi connectivity index (χ2n) is 4.80. The van der Waals surface area contributed by atoms with Crippen molar-refractivity contribution in [2.24, 2.45) is 0 Å². The van der Waals surface area contributed by atoms with Crippen molar-refractivity contribution >= 4 is 15.9 Å². The van der Waals surface area contributed by atoms with Crippen molar-refractivity contribution in [2.45, 2.75) is 26.2 Å². The molecule has 0 aliphatic rings. The van der Waals surface area contributed by atoms with Crippen LogP contribution in [0, 0.1) is 6.92 Å². The first-order valence-corrected chi connectivity index (χ1v) is 6.38. The van der Waals surface area contributed by atoms with Gasteiger partial charge in [-0.15, -0.1) is 0 Å². The summed E-state index contributed by atoms with van der Waals surface area (Å²) in [6, 6.07) is 6.48. The van der Waals surface area contributed by atoms with Gasteiger partial charge in [-0.25, -0.2) is 0 Å². The van der Waals surface area contributed by atoms with Crippen LogP contribution in [0.2, 0.25) is 0 Å². The molecule has 1 aromatic rings. The van der Waals surface area contributed by atoms with Crippen LogP contribution in [0.1, 0.15) is 25.0 Å². The molecule has 0 amide bonds. The molecule has 3 heteroatoms. The normalized spacial score (nSPS) is 11.8. The van der Waals surface area contributed by atoms with Crippen molar-refractivity contribution in [1.29, 1.82) is 0 Å². The van der Waals surface area contributed by atoms with Crippen LogP contribution in [0.15, 0.2) is 22.7 Å². The smallest absolute Gasteiger partial charge is 0.0452 e. The summed E-state index contributed by atoms with van der Waals surface area (Å²) in [5.74, 6) is 0. The second kappa shape index (κ2) is 5.80. The van der Waals surface area contributed by atoms with Gasteiger partial charge in [-0.2, -0.15) is 0 Å². The van der Waals surface area contributed by atoms with Crippen molar-refractivity contribution in [3.05, 3.63) is 33.8 Å². The molecular formula is C13H21BrN2. The van der Waals surface area contributed by atoms with Crippen LogP contribution in [0.4, 0.5) is 0 Å². The lowest BCUT2D eigenvalue weighted by molar-refractivity contribution is 0.458. The van der Waals surface area contributed by atoms with Gasteiger partial charge in [0.1, 0.15) is 0 Å². The van der Waals surface area contributed by atoms with Crippen molar-refractivity contribution in [2.75, 3.05) is 20.3 Å². The number of rotatable bonds is 5. The quantitative estimate of drug-likeness (QED) is 0.642. The van der Waals surface area contributed by atoms with E-state index >= 15 is 0 Å². The Labute approximate surface area is 107 Å². The predicted molar refractivity (Wildman–Crippen MR) is 73.8 cm³/mol. The van der Waals surface area contributed by atoms with Crippen molar-refractivity contribution in [3.63, 3.8) is 0 Å². The monoisotopic (exact) mass is 284 g/mol. The van der Waals surface area contributed by atoms with E-state index in [-0.39, 0.29) is 5.41 Å². The van der Waals surface area contributed by atoms with Gasteiger partial charge in [-0.3, -0.25) is 0 Å². The van der Waals surface area contributed by atoms with Crippen LogP contribution >= 0.6 is 15.9 Å². The molecule has 0 aromatic heterocycles. The lowest BCUT2D eigenvalue weighted by Gasteiger charge is -2.28. The predicted octanol–water partition coefficient (Wildman–Crippen LogP) is 2.80.